The zero-order chi connectivity index (χ0) is 16.9. The van der Waals surface area contributed by atoms with Crippen LogP contribution in [-0.2, 0) is 9.53 Å². The van der Waals surface area contributed by atoms with Crippen LogP contribution in [0.25, 0.3) is 0 Å². The Labute approximate surface area is 136 Å². The number of halogens is 1. The Balaban J connectivity index is 2.65. The van der Waals surface area contributed by atoms with E-state index in [1.54, 1.807) is 26.0 Å². The normalized spacial score (nSPS) is 11.7. The minimum Gasteiger partial charge on any atom is -0.449 e. The number of carbonyl (C=O) groups is 3. The predicted molar refractivity (Wildman–Crippen MR) is 85.2 cm³/mol. The fourth-order valence-corrected chi connectivity index (χ4v) is 1.86. The fourth-order valence-electron chi connectivity index (χ4n) is 1.49. The van der Waals surface area contributed by atoms with Crippen molar-refractivity contribution in [1.82, 2.24) is 10.6 Å². The molecule has 7 nitrogen and oxygen atoms in total. The maximum Gasteiger partial charge on any atom is 0.341 e. The van der Waals surface area contributed by atoms with Crippen molar-refractivity contribution in [3.8, 4) is 0 Å². The van der Waals surface area contributed by atoms with Crippen LogP contribution in [0, 0.1) is 0 Å². The third-order valence-electron chi connectivity index (χ3n) is 2.54. The molecule has 3 amide bonds. The highest BCUT2D eigenvalue weighted by molar-refractivity contribution is 9.10. The van der Waals surface area contributed by atoms with Crippen molar-refractivity contribution in [2.45, 2.75) is 32.9 Å². The monoisotopic (exact) mass is 371 g/mol. The van der Waals surface area contributed by atoms with Gasteiger partial charge < -0.3 is 15.8 Å². The topological polar surface area (TPSA) is 111 Å². The molecule has 22 heavy (non-hydrogen) atoms. The molecular formula is C14H18BrN3O4. The third kappa shape index (κ3) is 5.36. The number of ether oxygens (including phenoxy) is 1. The van der Waals surface area contributed by atoms with E-state index in [0.29, 0.717) is 4.47 Å². The number of nitrogen functional groups attached to an aromatic ring is 1. The van der Waals surface area contributed by atoms with Gasteiger partial charge in [-0.15, -0.1) is 0 Å². The molecule has 1 rings (SSSR count). The first-order valence-electron chi connectivity index (χ1n) is 6.58. The molecule has 0 saturated carbocycles. The summed E-state index contributed by atoms with van der Waals surface area (Å²) in [5, 5.41) is 4.58. The number of amides is 3. The lowest BCUT2D eigenvalue weighted by molar-refractivity contribution is -0.127. The van der Waals surface area contributed by atoms with Gasteiger partial charge in [-0.1, -0.05) is 15.9 Å². The summed E-state index contributed by atoms with van der Waals surface area (Å²) in [5.74, 6) is -1.47. The molecule has 0 aromatic heterocycles. The molecule has 0 saturated heterocycles. The number of imide groups is 1. The number of anilines is 1. The molecule has 1 atom stereocenters. The van der Waals surface area contributed by atoms with E-state index in [4.69, 9.17) is 10.5 Å². The van der Waals surface area contributed by atoms with Crippen LogP contribution in [0.1, 0.15) is 31.1 Å². The number of hydrogen-bond donors (Lipinski definition) is 3. The van der Waals surface area contributed by atoms with Crippen molar-refractivity contribution >= 4 is 39.5 Å². The van der Waals surface area contributed by atoms with Crippen LogP contribution in [-0.4, -0.2) is 30.1 Å². The van der Waals surface area contributed by atoms with Gasteiger partial charge in [0.2, 0.25) is 0 Å². The maximum absolute atomic E-state index is 12.0. The van der Waals surface area contributed by atoms with E-state index in [1.807, 2.05) is 0 Å². The maximum atomic E-state index is 12.0. The lowest BCUT2D eigenvalue weighted by Crippen LogP contribution is -2.46. The Hall–Kier alpha value is -2.09. The summed E-state index contributed by atoms with van der Waals surface area (Å²) in [7, 11) is 0. The lowest BCUT2D eigenvalue weighted by atomic mass is 10.2. The first-order valence-corrected chi connectivity index (χ1v) is 7.37. The van der Waals surface area contributed by atoms with Gasteiger partial charge in [-0.3, -0.25) is 10.1 Å². The SMILES string of the molecule is CC(C)NC(=O)NC(=O)[C@@H](C)OC(=O)c1cc(Br)ccc1N. The summed E-state index contributed by atoms with van der Waals surface area (Å²) >= 11 is 3.22. The summed E-state index contributed by atoms with van der Waals surface area (Å²) < 4.78 is 5.66. The van der Waals surface area contributed by atoms with Gasteiger partial charge in [0.05, 0.1) is 5.56 Å². The molecule has 0 bridgehead atoms. The quantitative estimate of drug-likeness (QED) is 0.552. The molecule has 0 aliphatic rings. The van der Waals surface area contributed by atoms with E-state index >= 15 is 0 Å². The summed E-state index contributed by atoms with van der Waals surface area (Å²) in [5.41, 5.74) is 6.07. The summed E-state index contributed by atoms with van der Waals surface area (Å²) in [6, 6.07) is 3.95. The molecule has 0 aliphatic carbocycles. The van der Waals surface area contributed by atoms with Gasteiger partial charge in [-0.25, -0.2) is 9.59 Å². The second-order valence-electron chi connectivity index (χ2n) is 4.90. The smallest absolute Gasteiger partial charge is 0.341 e. The van der Waals surface area contributed by atoms with Gasteiger partial charge >= 0.3 is 12.0 Å². The Bertz CT molecular complexity index is 589. The standard InChI is InChI=1S/C14H18BrN3O4/c1-7(2)17-14(21)18-12(19)8(3)22-13(20)10-6-9(15)4-5-11(10)16/h4-8H,16H2,1-3H3,(H2,17,18,19,21)/t8-/m1/s1. The molecule has 1 aromatic rings. The van der Waals surface area contributed by atoms with Gasteiger partial charge in [-0.2, -0.15) is 0 Å². The largest absolute Gasteiger partial charge is 0.449 e. The van der Waals surface area contributed by atoms with Crippen molar-refractivity contribution < 1.29 is 19.1 Å². The van der Waals surface area contributed by atoms with Gasteiger partial charge in [0.25, 0.3) is 5.91 Å². The highest BCUT2D eigenvalue weighted by Gasteiger charge is 2.22. The highest BCUT2D eigenvalue weighted by Crippen LogP contribution is 2.19. The van der Waals surface area contributed by atoms with Gasteiger partial charge in [0.15, 0.2) is 6.10 Å². The molecule has 0 spiro atoms. The molecule has 120 valence electrons. The number of urea groups is 1. The van der Waals surface area contributed by atoms with Crippen molar-refractivity contribution in [3.63, 3.8) is 0 Å². The minimum absolute atomic E-state index is 0.118. The van der Waals surface area contributed by atoms with Gasteiger partial charge in [-0.05, 0) is 39.0 Å². The van der Waals surface area contributed by atoms with Crippen LogP contribution in [0.4, 0.5) is 10.5 Å². The molecule has 0 heterocycles. The zero-order valence-corrected chi connectivity index (χ0v) is 14.1. The van der Waals surface area contributed by atoms with Crippen molar-refractivity contribution in [2.75, 3.05) is 5.73 Å². The zero-order valence-electron chi connectivity index (χ0n) is 12.5. The van der Waals surface area contributed by atoms with Crippen LogP contribution >= 0.6 is 15.9 Å². The number of rotatable bonds is 4. The lowest BCUT2D eigenvalue weighted by Gasteiger charge is -2.15. The molecule has 1 aromatic carbocycles. The molecule has 0 unspecified atom stereocenters. The van der Waals surface area contributed by atoms with Crippen LogP contribution < -0.4 is 16.4 Å². The average Bonchev–Trinajstić information content (AvgIpc) is 2.40. The Morgan fingerprint density at radius 3 is 2.45 bits per heavy atom. The Morgan fingerprint density at radius 2 is 1.86 bits per heavy atom. The second kappa shape index (κ2) is 7.79. The highest BCUT2D eigenvalue weighted by atomic mass is 79.9. The van der Waals surface area contributed by atoms with E-state index in [0.717, 1.165) is 0 Å². The first kappa shape index (κ1) is 18.0. The molecular weight excluding hydrogens is 354 g/mol. The number of nitrogens with two attached hydrogens (primary N) is 1. The van der Waals surface area contributed by atoms with Crippen molar-refractivity contribution in [3.05, 3.63) is 28.2 Å². The van der Waals surface area contributed by atoms with Crippen molar-refractivity contribution in [2.24, 2.45) is 0 Å². The molecule has 0 aliphatic heterocycles. The number of hydrogen-bond acceptors (Lipinski definition) is 5. The summed E-state index contributed by atoms with van der Waals surface area (Å²) in [6.07, 6.45) is -1.14. The van der Waals surface area contributed by atoms with Crippen LogP contribution in [0.3, 0.4) is 0 Å². The fraction of sp³-hybridized carbons (Fsp3) is 0.357. The summed E-state index contributed by atoms with van der Waals surface area (Å²) in [4.78, 5) is 35.2. The summed E-state index contributed by atoms with van der Waals surface area (Å²) in [6.45, 7) is 4.87. The van der Waals surface area contributed by atoms with E-state index in [2.05, 4.69) is 26.6 Å². The van der Waals surface area contributed by atoms with E-state index in [-0.39, 0.29) is 17.3 Å². The third-order valence-corrected chi connectivity index (χ3v) is 3.04. The first-order chi connectivity index (χ1) is 10.2. The molecule has 0 fully saturated rings. The van der Waals surface area contributed by atoms with Crippen LogP contribution in [0.15, 0.2) is 22.7 Å². The number of nitrogens with one attached hydrogen (secondary N) is 2. The van der Waals surface area contributed by atoms with Gasteiger partial charge in [0.1, 0.15) is 0 Å². The predicted octanol–water partition coefficient (Wildman–Crippen LogP) is 1.81. The molecule has 8 heteroatoms. The Kier molecular flexibility index (Phi) is 6.36. The van der Waals surface area contributed by atoms with E-state index in [1.165, 1.54) is 13.0 Å². The van der Waals surface area contributed by atoms with Gasteiger partial charge in [0, 0.05) is 16.2 Å². The molecule has 4 N–H and O–H groups in total. The number of benzene rings is 1. The Morgan fingerprint density at radius 1 is 1.23 bits per heavy atom. The van der Waals surface area contributed by atoms with E-state index in [9.17, 15) is 14.4 Å². The number of carbonyl (C=O) groups excluding carboxylic acids is 3. The van der Waals surface area contributed by atoms with Crippen molar-refractivity contribution in [1.29, 1.82) is 0 Å². The minimum atomic E-state index is -1.14. The van der Waals surface area contributed by atoms with E-state index < -0.39 is 24.0 Å². The van der Waals surface area contributed by atoms with Crippen LogP contribution in [0.2, 0.25) is 0 Å². The average molecular weight is 372 g/mol. The number of esters is 1. The van der Waals surface area contributed by atoms with Crippen LogP contribution in [0.5, 0.6) is 0 Å². The molecule has 0 radical (unpaired) electrons. The second-order valence-corrected chi connectivity index (χ2v) is 5.81.